The molecular formula is C12H18Cl2N2O2S. The number of benzene rings is 1. The molecule has 19 heavy (non-hydrogen) atoms. The Labute approximate surface area is 124 Å². The van der Waals surface area contributed by atoms with E-state index in [1.807, 2.05) is 13.8 Å². The maximum atomic E-state index is 12.5. The molecule has 0 unspecified atom stereocenters. The first-order valence-corrected chi connectivity index (χ1v) is 8.29. The molecule has 2 N–H and O–H groups in total. The predicted molar refractivity (Wildman–Crippen MR) is 80.2 cm³/mol. The minimum Gasteiger partial charge on any atom is -0.396 e. The first-order chi connectivity index (χ1) is 8.86. The van der Waals surface area contributed by atoms with E-state index in [2.05, 4.69) is 0 Å². The Hall–Kier alpha value is -0.490. The average molecular weight is 325 g/mol. The quantitative estimate of drug-likeness (QED) is 0.816. The van der Waals surface area contributed by atoms with Crippen LogP contribution in [0.25, 0.3) is 0 Å². The zero-order valence-corrected chi connectivity index (χ0v) is 13.3. The summed E-state index contributed by atoms with van der Waals surface area (Å²) in [7, 11) is -3.63. The van der Waals surface area contributed by atoms with Crippen molar-refractivity contribution in [2.24, 2.45) is 0 Å². The van der Waals surface area contributed by atoms with Crippen molar-refractivity contribution in [1.82, 2.24) is 4.31 Å². The summed E-state index contributed by atoms with van der Waals surface area (Å²) in [5.74, 6) is 0. The maximum absolute atomic E-state index is 12.5. The average Bonchev–Trinajstić information content (AvgIpc) is 2.35. The van der Waals surface area contributed by atoms with Gasteiger partial charge >= 0.3 is 0 Å². The number of nitrogens with two attached hydrogens (primary N) is 1. The fourth-order valence-corrected chi connectivity index (χ4v) is 4.10. The van der Waals surface area contributed by atoms with E-state index < -0.39 is 10.0 Å². The number of hydrogen-bond donors (Lipinski definition) is 1. The largest absolute Gasteiger partial charge is 0.396 e. The monoisotopic (exact) mass is 324 g/mol. The highest BCUT2D eigenvalue weighted by atomic mass is 35.5. The van der Waals surface area contributed by atoms with Gasteiger partial charge in [-0.3, -0.25) is 0 Å². The Bertz CT molecular complexity index is 541. The van der Waals surface area contributed by atoms with Crippen molar-refractivity contribution < 1.29 is 8.42 Å². The molecule has 4 nitrogen and oxygen atoms in total. The summed E-state index contributed by atoms with van der Waals surface area (Å²) in [6.07, 6.45) is 1.47. The summed E-state index contributed by atoms with van der Waals surface area (Å²) in [6, 6.07) is 2.85. The minimum atomic E-state index is -3.63. The van der Waals surface area contributed by atoms with Gasteiger partial charge < -0.3 is 5.73 Å². The van der Waals surface area contributed by atoms with Gasteiger partial charge in [0.15, 0.2) is 0 Å². The molecule has 0 bridgehead atoms. The van der Waals surface area contributed by atoms with Gasteiger partial charge in [-0.25, -0.2) is 8.42 Å². The maximum Gasteiger partial charge on any atom is 0.244 e. The second-order valence-corrected chi connectivity index (χ2v) is 6.87. The van der Waals surface area contributed by atoms with Gasteiger partial charge in [-0.05, 0) is 25.0 Å². The molecule has 0 aliphatic heterocycles. The van der Waals surface area contributed by atoms with Crippen LogP contribution in [-0.2, 0) is 10.0 Å². The molecule has 1 aromatic carbocycles. The zero-order chi connectivity index (χ0) is 14.6. The molecule has 0 fully saturated rings. The van der Waals surface area contributed by atoms with E-state index in [1.54, 1.807) is 0 Å². The molecule has 0 aliphatic rings. The molecule has 1 rings (SSSR count). The van der Waals surface area contributed by atoms with Crippen molar-refractivity contribution in [2.45, 2.75) is 31.6 Å². The molecule has 0 aromatic heterocycles. The van der Waals surface area contributed by atoms with Gasteiger partial charge in [0.25, 0.3) is 0 Å². The third-order valence-electron chi connectivity index (χ3n) is 2.65. The highest BCUT2D eigenvalue weighted by Gasteiger charge is 2.26. The second kappa shape index (κ2) is 6.79. The van der Waals surface area contributed by atoms with E-state index in [0.717, 1.165) is 12.8 Å². The minimum absolute atomic E-state index is 0.00953. The molecule has 108 valence electrons. The van der Waals surface area contributed by atoms with E-state index in [0.29, 0.717) is 13.1 Å². The van der Waals surface area contributed by atoms with Gasteiger partial charge in [0, 0.05) is 13.1 Å². The van der Waals surface area contributed by atoms with Gasteiger partial charge in [0.1, 0.15) is 4.90 Å². The fourth-order valence-electron chi connectivity index (χ4n) is 1.74. The van der Waals surface area contributed by atoms with Gasteiger partial charge in [-0.15, -0.1) is 0 Å². The third-order valence-corrected chi connectivity index (χ3v) is 5.44. The van der Waals surface area contributed by atoms with E-state index in [1.165, 1.54) is 16.4 Å². The molecule has 0 radical (unpaired) electrons. The number of nitrogen functional groups attached to an aromatic ring is 1. The Kier molecular flexibility index (Phi) is 5.92. The highest BCUT2D eigenvalue weighted by molar-refractivity contribution is 7.89. The predicted octanol–water partition coefficient (Wildman–Crippen LogP) is 3.39. The van der Waals surface area contributed by atoms with E-state index in [-0.39, 0.29) is 20.6 Å². The van der Waals surface area contributed by atoms with Crippen LogP contribution in [0.3, 0.4) is 0 Å². The highest BCUT2D eigenvalue weighted by Crippen LogP contribution is 2.34. The summed E-state index contributed by atoms with van der Waals surface area (Å²) < 4.78 is 26.5. The SMILES string of the molecule is CCCN(CCC)S(=O)(=O)c1ccc(Cl)c(N)c1Cl. The molecule has 1 aromatic rings. The number of hydrogen-bond acceptors (Lipinski definition) is 3. The molecule has 0 atom stereocenters. The lowest BCUT2D eigenvalue weighted by Crippen LogP contribution is -2.32. The number of rotatable bonds is 6. The van der Waals surface area contributed by atoms with Crippen LogP contribution in [0.5, 0.6) is 0 Å². The fraction of sp³-hybridized carbons (Fsp3) is 0.500. The lowest BCUT2D eigenvalue weighted by Gasteiger charge is -2.22. The van der Waals surface area contributed by atoms with Crippen molar-refractivity contribution in [3.63, 3.8) is 0 Å². The number of sulfonamides is 1. The van der Waals surface area contributed by atoms with Crippen molar-refractivity contribution >= 4 is 38.9 Å². The van der Waals surface area contributed by atoms with Crippen LogP contribution in [0.2, 0.25) is 10.0 Å². The van der Waals surface area contributed by atoms with Gasteiger partial charge in [0.05, 0.1) is 15.7 Å². The van der Waals surface area contributed by atoms with Crippen LogP contribution in [0, 0.1) is 0 Å². The Morgan fingerprint density at radius 2 is 1.68 bits per heavy atom. The molecular weight excluding hydrogens is 307 g/mol. The first-order valence-electron chi connectivity index (χ1n) is 6.09. The van der Waals surface area contributed by atoms with Crippen molar-refractivity contribution in [2.75, 3.05) is 18.8 Å². The van der Waals surface area contributed by atoms with Gasteiger partial charge in [-0.2, -0.15) is 4.31 Å². The van der Waals surface area contributed by atoms with Crippen LogP contribution in [0.15, 0.2) is 17.0 Å². The number of halogens is 2. The van der Waals surface area contributed by atoms with Crippen molar-refractivity contribution in [1.29, 1.82) is 0 Å². The molecule has 0 saturated carbocycles. The summed E-state index contributed by atoms with van der Waals surface area (Å²) in [4.78, 5) is 0.0120. The van der Waals surface area contributed by atoms with E-state index in [9.17, 15) is 8.42 Å². The number of anilines is 1. The summed E-state index contributed by atoms with van der Waals surface area (Å²) in [6.45, 7) is 4.76. The van der Waals surface area contributed by atoms with Crippen molar-refractivity contribution in [3.8, 4) is 0 Å². The van der Waals surface area contributed by atoms with Crippen LogP contribution in [0.4, 0.5) is 5.69 Å². The molecule has 0 heterocycles. The standard InChI is InChI=1S/C12H18Cl2N2O2S/c1-3-7-16(8-4-2)19(17,18)10-6-5-9(13)12(15)11(10)14/h5-6H,3-4,7-8,15H2,1-2H3. The lowest BCUT2D eigenvalue weighted by atomic mass is 10.3. The molecule has 0 amide bonds. The Balaban J connectivity index is 3.29. The van der Waals surface area contributed by atoms with Crippen LogP contribution in [0.1, 0.15) is 26.7 Å². The normalized spacial score (nSPS) is 12.1. The smallest absolute Gasteiger partial charge is 0.244 e. The van der Waals surface area contributed by atoms with Gasteiger partial charge in [-0.1, -0.05) is 37.0 Å². The van der Waals surface area contributed by atoms with E-state index in [4.69, 9.17) is 28.9 Å². The van der Waals surface area contributed by atoms with Gasteiger partial charge in [0.2, 0.25) is 10.0 Å². The summed E-state index contributed by atoms with van der Waals surface area (Å²) >= 11 is 11.8. The first kappa shape index (κ1) is 16.6. The zero-order valence-electron chi connectivity index (χ0n) is 11.0. The summed E-state index contributed by atoms with van der Waals surface area (Å²) in [5.41, 5.74) is 5.78. The lowest BCUT2D eigenvalue weighted by molar-refractivity contribution is 0.410. The molecule has 7 heteroatoms. The molecule has 0 spiro atoms. The topological polar surface area (TPSA) is 63.4 Å². The van der Waals surface area contributed by atoms with Crippen LogP contribution in [-0.4, -0.2) is 25.8 Å². The molecule has 0 saturated heterocycles. The number of nitrogens with zero attached hydrogens (tertiary/aromatic N) is 1. The summed E-state index contributed by atoms with van der Waals surface area (Å²) in [5, 5.41) is 0.242. The Morgan fingerprint density at radius 1 is 1.16 bits per heavy atom. The van der Waals surface area contributed by atoms with Crippen LogP contribution >= 0.6 is 23.2 Å². The third kappa shape index (κ3) is 3.54. The Morgan fingerprint density at radius 3 is 2.16 bits per heavy atom. The van der Waals surface area contributed by atoms with Crippen LogP contribution < -0.4 is 5.73 Å². The van der Waals surface area contributed by atoms with Crippen molar-refractivity contribution in [3.05, 3.63) is 22.2 Å². The molecule has 0 aliphatic carbocycles. The second-order valence-electron chi connectivity index (χ2n) is 4.18. The van der Waals surface area contributed by atoms with E-state index >= 15 is 0 Å².